The molecule has 0 aromatic heterocycles. The minimum absolute atomic E-state index is 0.100. The SMILES string of the molecule is CC(C)NC(=S)Nc1ccc(Cl)c(F)c1. The van der Waals surface area contributed by atoms with Gasteiger partial charge in [0.15, 0.2) is 5.11 Å². The molecule has 0 fully saturated rings. The highest BCUT2D eigenvalue weighted by molar-refractivity contribution is 7.80. The number of hydrogen-bond donors (Lipinski definition) is 2. The summed E-state index contributed by atoms with van der Waals surface area (Å²) < 4.78 is 13.1. The number of nitrogens with one attached hydrogen (secondary N) is 2. The monoisotopic (exact) mass is 246 g/mol. The normalized spacial score (nSPS) is 10.2. The Bertz CT molecular complexity index is 368. The molecule has 82 valence electrons. The van der Waals surface area contributed by atoms with Crippen molar-refractivity contribution in [1.29, 1.82) is 0 Å². The Kier molecular flexibility index (Phi) is 4.29. The van der Waals surface area contributed by atoms with Crippen molar-refractivity contribution >= 4 is 34.6 Å². The van der Waals surface area contributed by atoms with Crippen molar-refractivity contribution in [3.8, 4) is 0 Å². The summed E-state index contributed by atoms with van der Waals surface area (Å²) >= 11 is 10.6. The van der Waals surface area contributed by atoms with Gasteiger partial charge in [0.1, 0.15) is 5.82 Å². The lowest BCUT2D eigenvalue weighted by Gasteiger charge is -2.13. The van der Waals surface area contributed by atoms with Crippen LogP contribution in [0, 0.1) is 5.82 Å². The van der Waals surface area contributed by atoms with Crippen molar-refractivity contribution in [2.24, 2.45) is 0 Å². The quantitative estimate of drug-likeness (QED) is 0.784. The van der Waals surface area contributed by atoms with Crippen LogP contribution in [0.2, 0.25) is 5.02 Å². The molecule has 1 aromatic carbocycles. The third-order valence-electron chi connectivity index (χ3n) is 1.60. The highest BCUT2D eigenvalue weighted by Crippen LogP contribution is 2.18. The Balaban J connectivity index is 2.65. The Morgan fingerprint density at radius 3 is 2.67 bits per heavy atom. The van der Waals surface area contributed by atoms with Crippen molar-refractivity contribution in [2.75, 3.05) is 5.32 Å². The Labute approximate surface area is 98.8 Å². The zero-order chi connectivity index (χ0) is 11.4. The zero-order valence-electron chi connectivity index (χ0n) is 8.47. The summed E-state index contributed by atoms with van der Waals surface area (Å²) in [7, 11) is 0. The maximum atomic E-state index is 13.1. The number of hydrogen-bond acceptors (Lipinski definition) is 1. The van der Waals surface area contributed by atoms with Crippen molar-refractivity contribution in [1.82, 2.24) is 5.32 Å². The maximum absolute atomic E-state index is 13.1. The van der Waals surface area contributed by atoms with Gasteiger partial charge >= 0.3 is 0 Å². The first kappa shape index (κ1) is 12.2. The van der Waals surface area contributed by atoms with E-state index in [-0.39, 0.29) is 11.1 Å². The summed E-state index contributed by atoms with van der Waals surface area (Å²) in [6, 6.07) is 4.69. The molecule has 0 unspecified atom stereocenters. The Morgan fingerprint density at radius 2 is 2.13 bits per heavy atom. The second-order valence-electron chi connectivity index (χ2n) is 3.38. The van der Waals surface area contributed by atoms with Gasteiger partial charge < -0.3 is 10.6 Å². The fraction of sp³-hybridized carbons (Fsp3) is 0.300. The largest absolute Gasteiger partial charge is 0.360 e. The molecule has 15 heavy (non-hydrogen) atoms. The molecule has 2 N–H and O–H groups in total. The van der Waals surface area contributed by atoms with E-state index in [1.807, 2.05) is 13.8 Å². The molecule has 0 aliphatic carbocycles. The van der Waals surface area contributed by atoms with Crippen molar-refractivity contribution < 1.29 is 4.39 Å². The summed E-state index contributed by atoms with van der Waals surface area (Å²) in [4.78, 5) is 0. The highest BCUT2D eigenvalue weighted by Gasteiger charge is 2.03. The lowest BCUT2D eigenvalue weighted by atomic mass is 10.3. The predicted molar refractivity (Wildman–Crippen MR) is 65.9 cm³/mol. The molecular formula is C10H12ClFN2S. The first-order valence-electron chi connectivity index (χ1n) is 4.51. The van der Waals surface area contributed by atoms with Crippen molar-refractivity contribution in [3.63, 3.8) is 0 Å². The average Bonchev–Trinajstić information content (AvgIpc) is 2.10. The summed E-state index contributed by atoms with van der Waals surface area (Å²) in [5.74, 6) is -0.464. The van der Waals surface area contributed by atoms with Crippen LogP contribution >= 0.6 is 23.8 Å². The first-order valence-corrected chi connectivity index (χ1v) is 5.30. The van der Waals surface area contributed by atoms with Gasteiger partial charge in [-0.2, -0.15) is 0 Å². The molecule has 0 spiro atoms. The van der Waals surface area contributed by atoms with E-state index in [2.05, 4.69) is 10.6 Å². The summed E-state index contributed by atoms with van der Waals surface area (Å²) in [6.07, 6.45) is 0. The van der Waals surface area contributed by atoms with Gasteiger partial charge in [0.2, 0.25) is 0 Å². The molecular weight excluding hydrogens is 235 g/mol. The van der Waals surface area contributed by atoms with Gasteiger partial charge in [0.25, 0.3) is 0 Å². The Morgan fingerprint density at radius 1 is 1.47 bits per heavy atom. The van der Waals surface area contributed by atoms with Crippen LogP contribution in [0.3, 0.4) is 0 Å². The third kappa shape index (κ3) is 4.01. The zero-order valence-corrected chi connectivity index (χ0v) is 10.0. The molecule has 0 amide bonds. The van der Waals surface area contributed by atoms with E-state index in [1.54, 1.807) is 6.07 Å². The van der Waals surface area contributed by atoms with Gasteiger partial charge in [0, 0.05) is 11.7 Å². The third-order valence-corrected chi connectivity index (χ3v) is 2.12. The number of rotatable bonds is 2. The molecule has 5 heteroatoms. The molecule has 2 nitrogen and oxygen atoms in total. The maximum Gasteiger partial charge on any atom is 0.170 e. The van der Waals surface area contributed by atoms with Crippen molar-refractivity contribution in [3.05, 3.63) is 29.0 Å². The average molecular weight is 247 g/mol. The van der Waals surface area contributed by atoms with E-state index >= 15 is 0 Å². The molecule has 1 aromatic rings. The van der Waals surface area contributed by atoms with E-state index in [0.717, 1.165) is 0 Å². The molecule has 0 radical (unpaired) electrons. The lowest BCUT2D eigenvalue weighted by molar-refractivity contribution is 0.629. The van der Waals surface area contributed by atoms with E-state index in [0.29, 0.717) is 10.8 Å². The van der Waals surface area contributed by atoms with Crippen LogP contribution in [0.4, 0.5) is 10.1 Å². The number of halogens is 2. The molecule has 0 aliphatic rings. The minimum atomic E-state index is -0.464. The van der Waals surface area contributed by atoms with Crippen LogP contribution in [0.25, 0.3) is 0 Å². The fourth-order valence-electron chi connectivity index (χ4n) is 1.00. The molecule has 0 saturated carbocycles. The van der Waals surface area contributed by atoms with Gasteiger partial charge in [-0.1, -0.05) is 11.6 Å². The molecule has 1 rings (SSSR count). The van der Waals surface area contributed by atoms with E-state index in [9.17, 15) is 4.39 Å². The lowest BCUT2D eigenvalue weighted by Crippen LogP contribution is -2.33. The van der Waals surface area contributed by atoms with Crippen LogP contribution in [0.1, 0.15) is 13.8 Å². The number of anilines is 1. The van der Waals surface area contributed by atoms with Crippen LogP contribution in [-0.2, 0) is 0 Å². The van der Waals surface area contributed by atoms with Crippen molar-refractivity contribution in [2.45, 2.75) is 19.9 Å². The van der Waals surface area contributed by atoms with Crippen LogP contribution in [0.15, 0.2) is 18.2 Å². The van der Waals surface area contributed by atoms with E-state index < -0.39 is 5.82 Å². The standard InChI is InChI=1S/C10H12ClFN2S/c1-6(2)13-10(15)14-7-3-4-8(11)9(12)5-7/h3-6H,1-2H3,(H2,13,14,15). The molecule has 0 heterocycles. The molecule has 0 bridgehead atoms. The van der Waals surface area contributed by atoms with Gasteiger partial charge in [-0.25, -0.2) is 4.39 Å². The van der Waals surface area contributed by atoms with Crippen LogP contribution in [0.5, 0.6) is 0 Å². The predicted octanol–water partition coefficient (Wildman–Crippen LogP) is 3.17. The van der Waals surface area contributed by atoms with E-state index in [1.165, 1.54) is 12.1 Å². The summed E-state index contributed by atoms with van der Waals surface area (Å²) in [5, 5.41) is 6.42. The summed E-state index contributed by atoms with van der Waals surface area (Å²) in [6.45, 7) is 3.94. The summed E-state index contributed by atoms with van der Waals surface area (Å²) in [5.41, 5.74) is 0.579. The topological polar surface area (TPSA) is 24.1 Å². The second kappa shape index (κ2) is 5.28. The highest BCUT2D eigenvalue weighted by atomic mass is 35.5. The minimum Gasteiger partial charge on any atom is -0.360 e. The van der Waals surface area contributed by atoms with Crippen LogP contribution < -0.4 is 10.6 Å². The van der Waals surface area contributed by atoms with Crippen LogP contribution in [-0.4, -0.2) is 11.2 Å². The molecule has 0 atom stereocenters. The van der Waals surface area contributed by atoms with Gasteiger partial charge in [-0.15, -0.1) is 0 Å². The smallest absolute Gasteiger partial charge is 0.170 e. The van der Waals surface area contributed by atoms with Gasteiger partial charge in [0.05, 0.1) is 5.02 Å². The fourth-order valence-corrected chi connectivity index (χ4v) is 1.47. The van der Waals surface area contributed by atoms with Gasteiger partial charge in [-0.05, 0) is 44.3 Å². The first-order chi connectivity index (χ1) is 6.99. The second-order valence-corrected chi connectivity index (χ2v) is 4.20. The molecule has 0 aliphatic heterocycles. The number of thiocarbonyl (C=S) groups is 1. The molecule has 0 saturated heterocycles. The number of benzene rings is 1. The van der Waals surface area contributed by atoms with E-state index in [4.69, 9.17) is 23.8 Å². The van der Waals surface area contributed by atoms with Gasteiger partial charge in [-0.3, -0.25) is 0 Å². The Hall–Kier alpha value is -0.870.